The van der Waals surface area contributed by atoms with Crippen molar-refractivity contribution >= 4 is 11.7 Å². The van der Waals surface area contributed by atoms with E-state index in [0.717, 1.165) is 0 Å². The van der Waals surface area contributed by atoms with Crippen molar-refractivity contribution in [2.24, 2.45) is 0 Å². The van der Waals surface area contributed by atoms with Crippen LogP contribution in [0.5, 0.6) is 0 Å². The Morgan fingerprint density at radius 3 is 2.75 bits per heavy atom. The fraction of sp³-hybridized carbons (Fsp3) is 0.455. The van der Waals surface area contributed by atoms with Crippen molar-refractivity contribution in [3.8, 4) is 0 Å². The van der Waals surface area contributed by atoms with Gasteiger partial charge in [-0.15, -0.1) is 0 Å². The molecule has 5 nitrogen and oxygen atoms in total. The van der Waals surface area contributed by atoms with Crippen molar-refractivity contribution < 1.29 is 9.90 Å². The second kappa shape index (κ2) is 4.49. The van der Waals surface area contributed by atoms with E-state index < -0.39 is 5.60 Å². The van der Waals surface area contributed by atoms with Gasteiger partial charge in [0.05, 0.1) is 11.2 Å². The van der Waals surface area contributed by atoms with Gasteiger partial charge in [0, 0.05) is 19.8 Å². The molecule has 16 heavy (non-hydrogen) atoms. The van der Waals surface area contributed by atoms with Crippen LogP contribution >= 0.6 is 0 Å². The highest BCUT2D eigenvalue weighted by atomic mass is 16.3. The number of hydrogen-bond donors (Lipinski definition) is 2. The second-order valence-corrected chi connectivity index (χ2v) is 4.41. The molecule has 1 amide bonds. The Hall–Kier alpha value is -1.62. The monoisotopic (exact) mass is 223 g/mol. The number of nitrogens with zero attached hydrogens (tertiary/aromatic N) is 2. The fourth-order valence-electron chi connectivity index (χ4n) is 1.46. The van der Waals surface area contributed by atoms with Crippen LogP contribution in [-0.2, 0) is 0 Å². The molecule has 0 bridgehead atoms. The van der Waals surface area contributed by atoms with Crippen LogP contribution in [0.3, 0.4) is 0 Å². The molecule has 0 radical (unpaired) electrons. The number of nitrogens with two attached hydrogens (primary N) is 1. The Morgan fingerprint density at radius 1 is 1.62 bits per heavy atom. The average Bonchev–Trinajstić information content (AvgIpc) is 2.15. The predicted molar refractivity (Wildman–Crippen MR) is 61.9 cm³/mol. The molecule has 0 saturated heterocycles. The molecule has 1 aromatic rings. The molecular weight excluding hydrogens is 206 g/mol. The smallest absolute Gasteiger partial charge is 0.257 e. The summed E-state index contributed by atoms with van der Waals surface area (Å²) in [5.41, 5.74) is 5.03. The molecule has 5 heteroatoms. The van der Waals surface area contributed by atoms with Crippen LogP contribution in [0.2, 0.25) is 0 Å². The van der Waals surface area contributed by atoms with E-state index in [1.54, 1.807) is 33.0 Å². The van der Waals surface area contributed by atoms with E-state index in [1.165, 1.54) is 11.1 Å². The van der Waals surface area contributed by atoms with Crippen LogP contribution in [0.1, 0.15) is 24.2 Å². The van der Waals surface area contributed by atoms with Crippen molar-refractivity contribution in [3.05, 3.63) is 23.9 Å². The van der Waals surface area contributed by atoms with E-state index in [1.807, 2.05) is 0 Å². The van der Waals surface area contributed by atoms with Crippen molar-refractivity contribution in [1.29, 1.82) is 0 Å². The minimum atomic E-state index is -0.929. The van der Waals surface area contributed by atoms with Gasteiger partial charge in [-0.05, 0) is 26.0 Å². The fourth-order valence-corrected chi connectivity index (χ4v) is 1.46. The Labute approximate surface area is 94.9 Å². The molecule has 3 N–H and O–H groups in total. The average molecular weight is 223 g/mol. The number of aromatic nitrogens is 1. The van der Waals surface area contributed by atoms with Crippen LogP contribution in [0.15, 0.2) is 18.3 Å². The summed E-state index contributed by atoms with van der Waals surface area (Å²) in [5, 5.41) is 9.61. The molecular formula is C11H17N3O2. The molecule has 0 unspecified atom stereocenters. The number of rotatable bonds is 3. The number of aliphatic hydroxyl groups is 1. The Morgan fingerprint density at radius 2 is 2.25 bits per heavy atom. The van der Waals surface area contributed by atoms with Gasteiger partial charge in [-0.25, -0.2) is 4.98 Å². The maximum Gasteiger partial charge on any atom is 0.257 e. The third-order valence-electron chi connectivity index (χ3n) is 2.04. The Bertz CT molecular complexity index is 385. The van der Waals surface area contributed by atoms with Crippen molar-refractivity contribution in [2.45, 2.75) is 19.4 Å². The molecule has 0 aromatic carbocycles. The lowest BCUT2D eigenvalue weighted by molar-refractivity contribution is 0.0368. The van der Waals surface area contributed by atoms with Gasteiger partial charge >= 0.3 is 0 Å². The number of pyridine rings is 1. The summed E-state index contributed by atoms with van der Waals surface area (Å²) in [7, 11) is 1.62. The third kappa shape index (κ3) is 3.20. The van der Waals surface area contributed by atoms with Crippen LogP contribution in [0.4, 0.5) is 5.82 Å². The maximum atomic E-state index is 11.9. The maximum absolute atomic E-state index is 11.9. The number of anilines is 1. The topological polar surface area (TPSA) is 79.5 Å². The molecule has 0 atom stereocenters. The minimum absolute atomic E-state index is 0.204. The number of amides is 1. The lowest BCUT2D eigenvalue weighted by Gasteiger charge is -2.25. The number of carbonyl (C=O) groups excluding carboxylic acids is 1. The standard InChI is InChI=1S/C11H17N3O2/c1-11(2,16)7-14(3)10(15)8-5-4-6-13-9(8)12/h4-6,16H,7H2,1-3H3,(H2,12,13). The summed E-state index contributed by atoms with van der Waals surface area (Å²) in [6.07, 6.45) is 1.53. The SMILES string of the molecule is CN(CC(C)(C)O)C(=O)c1cccnc1N. The summed E-state index contributed by atoms with van der Waals surface area (Å²) in [6, 6.07) is 3.27. The second-order valence-electron chi connectivity index (χ2n) is 4.41. The number of hydrogen-bond acceptors (Lipinski definition) is 4. The summed E-state index contributed by atoms with van der Waals surface area (Å²) in [6.45, 7) is 3.52. The number of carbonyl (C=O) groups is 1. The van der Waals surface area contributed by atoms with Gasteiger partial charge < -0.3 is 15.7 Å². The van der Waals surface area contributed by atoms with Gasteiger partial charge in [-0.3, -0.25) is 4.79 Å². The first kappa shape index (κ1) is 12.4. The van der Waals surface area contributed by atoms with E-state index in [9.17, 15) is 9.90 Å². The zero-order chi connectivity index (χ0) is 12.3. The molecule has 1 rings (SSSR count). The van der Waals surface area contributed by atoms with Crippen molar-refractivity contribution in [2.75, 3.05) is 19.3 Å². The lowest BCUT2D eigenvalue weighted by atomic mass is 10.1. The van der Waals surface area contributed by atoms with E-state index >= 15 is 0 Å². The molecule has 0 aliphatic rings. The zero-order valence-corrected chi connectivity index (χ0v) is 9.77. The minimum Gasteiger partial charge on any atom is -0.389 e. The van der Waals surface area contributed by atoms with Gasteiger partial charge in [0.15, 0.2) is 0 Å². The molecule has 0 fully saturated rings. The first-order valence-electron chi connectivity index (χ1n) is 4.99. The molecule has 1 aromatic heterocycles. The van der Waals surface area contributed by atoms with Crippen molar-refractivity contribution in [1.82, 2.24) is 9.88 Å². The van der Waals surface area contributed by atoms with Crippen LogP contribution in [-0.4, -0.2) is 40.1 Å². The largest absolute Gasteiger partial charge is 0.389 e. The molecule has 0 aliphatic carbocycles. The third-order valence-corrected chi connectivity index (χ3v) is 2.04. The van der Waals surface area contributed by atoms with Gasteiger partial charge in [0.2, 0.25) is 0 Å². The van der Waals surface area contributed by atoms with Crippen LogP contribution in [0, 0.1) is 0 Å². The van der Waals surface area contributed by atoms with Crippen LogP contribution < -0.4 is 5.73 Å². The summed E-state index contributed by atoms with van der Waals surface area (Å²) >= 11 is 0. The van der Waals surface area contributed by atoms with E-state index in [0.29, 0.717) is 5.56 Å². The van der Waals surface area contributed by atoms with E-state index in [-0.39, 0.29) is 18.3 Å². The lowest BCUT2D eigenvalue weighted by Crippen LogP contribution is -2.40. The molecule has 0 saturated carbocycles. The summed E-state index contributed by atoms with van der Waals surface area (Å²) < 4.78 is 0. The summed E-state index contributed by atoms with van der Waals surface area (Å²) in [4.78, 5) is 17.2. The normalized spacial score (nSPS) is 11.2. The highest BCUT2D eigenvalue weighted by molar-refractivity contribution is 5.98. The molecule has 0 aliphatic heterocycles. The van der Waals surface area contributed by atoms with E-state index in [4.69, 9.17) is 5.73 Å². The van der Waals surface area contributed by atoms with Gasteiger partial charge in [-0.1, -0.05) is 0 Å². The van der Waals surface area contributed by atoms with Crippen LogP contribution in [0.25, 0.3) is 0 Å². The summed E-state index contributed by atoms with van der Waals surface area (Å²) in [5.74, 6) is -0.0391. The van der Waals surface area contributed by atoms with Gasteiger partial charge in [0.1, 0.15) is 5.82 Å². The molecule has 88 valence electrons. The van der Waals surface area contributed by atoms with Crippen molar-refractivity contribution in [3.63, 3.8) is 0 Å². The Balaban J connectivity index is 2.83. The molecule has 1 heterocycles. The first-order valence-corrected chi connectivity index (χ1v) is 4.99. The highest BCUT2D eigenvalue weighted by Gasteiger charge is 2.21. The molecule has 0 spiro atoms. The van der Waals surface area contributed by atoms with Gasteiger partial charge in [-0.2, -0.15) is 0 Å². The number of likely N-dealkylation sites (N-methyl/N-ethyl adjacent to an activating group) is 1. The highest BCUT2D eigenvalue weighted by Crippen LogP contribution is 2.12. The van der Waals surface area contributed by atoms with Gasteiger partial charge in [0.25, 0.3) is 5.91 Å². The zero-order valence-electron chi connectivity index (χ0n) is 9.77. The quantitative estimate of drug-likeness (QED) is 0.782. The predicted octanol–water partition coefficient (Wildman–Crippen LogP) is 0.507. The first-order chi connectivity index (χ1) is 7.31. The number of nitrogen functional groups attached to an aromatic ring is 1. The Kier molecular flexibility index (Phi) is 3.49. The van der Waals surface area contributed by atoms with E-state index in [2.05, 4.69) is 4.98 Å².